The van der Waals surface area contributed by atoms with Crippen molar-refractivity contribution in [1.82, 2.24) is 15.1 Å². The topological polar surface area (TPSA) is 58.2 Å². The number of aromatic amines is 1. The molecule has 1 aliphatic rings. The molecule has 0 unspecified atom stereocenters. The molecule has 1 aromatic heterocycles. The van der Waals surface area contributed by atoms with Crippen LogP contribution in [-0.4, -0.2) is 40.7 Å². The Morgan fingerprint density at radius 3 is 2.84 bits per heavy atom. The summed E-state index contributed by atoms with van der Waals surface area (Å²) in [6, 6.07) is 15.7. The zero-order chi connectivity index (χ0) is 21.6. The van der Waals surface area contributed by atoms with Gasteiger partial charge in [0.05, 0.1) is 12.3 Å². The summed E-state index contributed by atoms with van der Waals surface area (Å²) >= 11 is 5.97. The number of aryl methyl sites for hydroxylation is 1. The van der Waals surface area contributed by atoms with E-state index in [4.69, 9.17) is 16.3 Å². The van der Waals surface area contributed by atoms with Crippen LogP contribution < -0.4 is 4.74 Å². The van der Waals surface area contributed by atoms with E-state index in [0.29, 0.717) is 37.4 Å². The number of amides is 1. The van der Waals surface area contributed by atoms with Crippen molar-refractivity contribution >= 4 is 17.5 Å². The van der Waals surface area contributed by atoms with Gasteiger partial charge in [0.1, 0.15) is 11.6 Å². The maximum Gasteiger partial charge on any atom is 0.222 e. The minimum atomic E-state index is -0.258. The molecule has 1 saturated heterocycles. The van der Waals surface area contributed by atoms with Gasteiger partial charge in [-0.1, -0.05) is 29.8 Å². The molecule has 31 heavy (non-hydrogen) atoms. The molecule has 1 fully saturated rings. The smallest absolute Gasteiger partial charge is 0.222 e. The van der Waals surface area contributed by atoms with Crippen molar-refractivity contribution in [2.24, 2.45) is 0 Å². The predicted molar refractivity (Wildman–Crippen MR) is 118 cm³/mol. The standard InChI is InChI=1S/C24H25ClFN3O2/c25-19-2-1-3-22(14-19)31-13-11-21-15-23(28-27-21)18-10-12-29(16-18)24(30)9-6-17-4-7-20(26)8-5-17/h1-5,7-8,14-15,18H,6,9-13,16H2,(H,27,28)/t18-/m0/s1. The van der Waals surface area contributed by atoms with Crippen LogP contribution in [0.4, 0.5) is 4.39 Å². The Hall–Kier alpha value is -2.86. The molecule has 1 amide bonds. The Labute approximate surface area is 186 Å². The van der Waals surface area contributed by atoms with Crippen LogP contribution in [0.1, 0.15) is 35.7 Å². The number of hydrogen-bond donors (Lipinski definition) is 1. The second-order valence-corrected chi connectivity index (χ2v) is 8.26. The van der Waals surface area contributed by atoms with E-state index in [9.17, 15) is 9.18 Å². The molecule has 0 radical (unpaired) electrons. The molecule has 0 spiro atoms. The zero-order valence-electron chi connectivity index (χ0n) is 17.2. The summed E-state index contributed by atoms with van der Waals surface area (Å²) < 4.78 is 18.7. The number of carbonyl (C=O) groups excluding carboxylic acids is 1. The second-order valence-electron chi connectivity index (χ2n) is 7.83. The number of rotatable bonds is 8. The van der Waals surface area contributed by atoms with Gasteiger partial charge in [0.15, 0.2) is 0 Å². The highest BCUT2D eigenvalue weighted by atomic mass is 35.5. The van der Waals surface area contributed by atoms with Crippen molar-refractivity contribution in [3.8, 4) is 5.75 Å². The number of hydrogen-bond acceptors (Lipinski definition) is 3. The molecule has 3 aromatic rings. The van der Waals surface area contributed by atoms with Gasteiger partial charge in [0, 0.05) is 42.6 Å². The Morgan fingerprint density at radius 1 is 1.19 bits per heavy atom. The van der Waals surface area contributed by atoms with E-state index in [1.807, 2.05) is 23.1 Å². The number of H-pyrrole nitrogens is 1. The molecule has 0 aliphatic carbocycles. The van der Waals surface area contributed by atoms with Gasteiger partial charge in [-0.15, -0.1) is 0 Å². The van der Waals surface area contributed by atoms with Crippen LogP contribution >= 0.6 is 11.6 Å². The quantitative estimate of drug-likeness (QED) is 0.547. The number of likely N-dealkylation sites (tertiary alicyclic amines) is 1. The molecule has 5 nitrogen and oxygen atoms in total. The number of nitrogens with zero attached hydrogens (tertiary/aromatic N) is 2. The molecule has 162 valence electrons. The zero-order valence-corrected chi connectivity index (χ0v) is 17.9. The SMILES string of the molecule is O=C(CCc1ccc(F)cc1)N1CC[C@H](c2cc(CCOc3cccc(Cl)c3)[nH]n2)C1. The van der Waals surface area contributed by atoms with Crippen LogP contribution in [0.5, 0.6) is 5.75 Å². The molecule has 1 aliphatic heterocycles. The summed E-state index contributed by atoms with van der Waals surface area (Å²) in [5.41, 5.74) is 2.98. The third kappa shape index (κ3) is 5.85. The van der Waals surface area contributed by atoms with Crippen LogP contribution in [0.25, 0.3) is 0 Å². The predicted octanol–water partition coefficient (Wildman–Crippen LogP) is 4.77. The summed E-state index contributed by atoms with van der Waals surface area (Å²) in [5, 5.41) is 8.20. The summed E-state index contributed by atoms with van der Waals surface area (Å²) in [7, 11) is 0. The molecule has 2 aromatic carbocycles. The average Bonchev–Trinajstić information content (AvgIpc) is 3.43. The van der Waals surface area contributed by atoms with Gasteiger partial charge in [-0.25, -0.2) is 4.39 Å². The van der Waals surface area contributed by atoms with Gasteiger partial charge in [-0.05, 0) is 54.8 Å². The van der Waals surface area contributed by atoms with E-state index in [0.717, 1.165) is 35.7 Å². The maximum atomic E-state index is 13.0. The van der Waals surface area contributed by atoms with Gasteiger partial charge in [0.25, 0.3) is 0 Å². The van der Waals surface area contributed by atoms with Gasteiger partial charge >= 0.3 is 0 Å². The van der Waals surface area contributed by atoms with Gasteiger partial charge in [0.2, 0.25) is 5.91 Å². The largest absolute Gasteiger partial charge is 0.493 e. The third-order valence-electron chi connectivity index (χ3n) is 5.59. The number of halogens is 2. The minimum absolute atomic E-state index is 0.137. The first-order valence-corrected chi connectivity index (χ1v) is 10.9. The monoisotopic (exact) mass is 441 g/mol. The molecule has 0 bridgehead atoms. The first kappa shape index (κ1) is 21.4. The molecular weight excluding hydrogens is 417 g/mol. The summed E-state index contributed by atoms with van der Waals surface area (Å²) in [6.07, 6.45) is 2.68. The molecule has 7 heteroatoms. The molecule has 4 rings (SSSR count). The van der Waals surface area contributed by atoms with Crippen molar-refractivity contribution in [3.05, 3.63) is 82.4 Å². The number of benzene rings is 2. The Balaban J connectivity index is 1.23. The summed E-state index contributed by atoms with van der Waals surface area (Å²) in [5.74, 6) is 0.871. The van der Waals surface area contributed by atoms with Gasteiger partial charge in [-0.3, -0.25) is 9.89 Å². The first-order chi connectivity index (χ1) is 15.1. The Kier molecular flexibility index (Phi) is 6.87. The van der Waals surface area contributed by atoms with E-state index < -0.39 is 0 Å². The van der Waals surface area contributed by atoms with Crippen molar-refractivity contribution < 1.29 is 13.9 Å². The molecule has 1 N–H and O–H groups in total. The normalized spacial score (nSPS) is 15.9. The van der Waals surface area contributed by atoms with Crippen LogP contribution in [0.3, 0.4) is 0 Å². The highest BCUT2D eigenvalue weighted by molar-refractivity contribution is 6.30. The number of nitrogens with one attached hydrogen (secondary N) is 1. The lowest BCUT2D eigenvalue weighted by molar-refractivity contribution is -0.130. The minimum Gasteiger partial charge on any atom is -0.493 e. The number of ether oxygens (including phenoxy) is 1. The first-order valence-electron chi connectivity index (χ1n) is 10.5. The number of aromatic nitrogens is 2. The molecular formula is C24H25ClFN3O2. The Bertz CT molecular complexity index is 1020. The highest BCUT2D eigenvalue weighted by Crippen LogP contribution is 2.27. The van der Waals surface area contributed by atoms with Crippen LogP contribution in [-0.2, 0) is 17.6 Å². The van der Waals surface area contributed by atoms with Crippen molar-refractivity contribution in [3.63, 3.8) is 0 Å². The van der Waals surface area contributed by atoms with E-state index >= 15 is 0 Å². The maximum absolute atomic E-state index is 13.0. The second kappa shape index (κ2) is 9.96. The van der Waals surface area contributed by atoms with E-state index in [1.54, 1.807) is 18.2 Å². The molecule has 1 atom stereocenters. The third-order valence-corrected chi connectivity index (χ3v) is 5.82. The summed E-state index contributed by atoms with van der Waals surface area (Å²) in [4.78, 5) is 14.5. The molecule has 0 saturated carbocycles. The summed E-state index contributed by atoms with van der Waals surface area (Å²) in [6.45, 7) is 1.96. The number of carbonyl (C=O) groups is 1. The van der Waals surface area contributed by atoms with Gasteiger partial charge < -0.3 is 9.64 Å². The molecule has 2 heterocycles. The van der Waals surface area contributed by atoms with E-state index in [2.05, 4.69) is 16.3 Å². The van der Waals surface area contributed by atoms with Crippen molar-refractivity contribution in [2.45, 2.75) is 31.6 Å². The van der Waals surface area contributed by atoms with E-state index in [1.165, 1.54) is 12.1 Å². The lowest BCUT2D eigenvalue weighted by Gasteiger charge is -2.16. The van der Waals surface area contributed by atoms with Crippen LogP contribution in [0, 0.1) is 5.82 Å². The average molecular weight is 442 g/mol. The fourth-order valence-electron chi connectivity index (χ4n) is 3.84. The van der Waals surface area contributed by atoms with Crippen LogP contribution in [0.2, 0.25) is 5.02 Å². The lowest BCUT2D eigenvalue weighted by atomic mass is 10.0. The van der Waals surface area contributed by atoms with Crippen molar-refractivity contribution in [2.75, 3.05) is 19.7 Å². The van der Waals surface area contributed by atoms with E-state index in [-0.39, 0.29) is 17.6 Å². The van der Waals surface area contributed by atoms with Gasteiger partial charge in [-0.2, -0.15) is 5.10 Å². The fraction of sp³-hybridized carbons (Fsp3) is 0.333. The Morgan fingerprint density at radius 2 is 2.03 bits per heavy atom. The fourth-order valence-corrected chi connectivity index (χ4v) is 4.02. The highest BCUT2D eigenvalue weighted by Gasteiger charge is 2.28. The van der Waals surface area contributed by atoms with Crippen molar-refractivity contribution in [1.29, 1.82) is 0 Å². The lowest BCUT2D eigenvalue weighted by Crippen LogP contribution is -2.28. The van der Waals surface area contributed by atoms with Crippen LogP contribution in [0.15, 0.2) is 54.6 Å².